The lowest BCUT2D eigenvalue weighted by Crippen LogP contribution is -2.36. The molecule has 4 rings (SSSR count). The smallest absolute Gasteiger partial charge is 0.338 e. The summed E-state index contributed by atoms with van der Waals surface area (Å²) in [6.45, 7) is 1.90. The molecule has 0 amide bonds. The van der Waals surface area contributed by atoms with Crippen LogP contribution in [0.5, 0.6) is 0 Å². The molecule has 0 saturated heterocycles. The van der Waals surface area contributed by atoms with Crippen LogP contribution in [0.4, 0.5) is 10.3 Å². The first kappa shape index (κ1) is 21.0. The largest absolute Gasteiger partial charge is 0.463 e. The van der Waals surface area contributed by atoms with Crippen LogP contribution in [0.25, 0.3) is 0 Å². The molecule has 3 heterocycles. The Morgan fingerprint density at radius 2 is 2.26 bits per heavy atom. The summed E-state index contributed by atoms with van der Waals surface area (Å²) in [5, 5.41) is 22.6. The number of nitrogen functional groups attached to an aromatic ring is 1. The minimum Gasteiger partial charge on any atom is -0.463 e. The Labute approximate surface area is 187 Å². The van der Waals surface area contributed by atoms with Gasteiger partial charge in [0.05, 0.1) is 24.4 Å². The van der Waals surface area contributed by atoms with E-state index >= 15 is 0 Å². The first-order valence-electron chi connectivity index (χ1n) is 8.96. The summed E-state index contributed by atoms with van der Waals surface area (Å²) < 4.78 is 20.8. The number of ether oxygens (including phenoxy) is 1. The van der Waals surface area contributed by atoms with Gasteiger partial charge in [0.15, 0.2) is 10.8 Å². The summed E-state index contributed by atoms with van der Waals surface area (Å²) in [6, 6.07) is 3.34. The van der Waals surface area contributed by atoms with E-state index < -0.39 is 17.8 Å². The predicted octanol–water partition coefficient (Wildman–Crippen LogP) is 1.62. The van der Waals surface area contributed by atoms with Crippen molar-refractivity contribution in [2.75, 3.05) is 12.3 Å². The van der Waals surface area contributed by atoms with Gasteiger partial charge >= 0.3 is 5.97 Å². The third kappa shape index (κ3) is 4.29. The van der Waals surface area contributed by atoms with Crippen LogP contribution in [-0.2, 0) is 16.1 Å². The zero-order valence-electron chi connectivity index (χ0n) is 16.0. The fourth-order valence-electron chi connectivity index (χ4n) is 2.98. The summed E-state index contributed by atoms with van der Waals surface area (Å²) in [4.78, 5) is 17.7. The molecule has 3 aromatic rings. The van der Waals surface area contributed by atoms with E-state index in [4.69, 9.17) is 10.5 Å². The molecule has 11 nitrogen and oxygen atoms in total. The molecule has 14 heteroatoms. The fraction of sp³-hybridized carbons (Fsp3) is 0.235. The molecule has 3 N–H and O–H groups in total. The number of hydrogen-bond acceptors (Lipinski definition) is 11. The van der Waals surface area contributed by atoms with E-state index in [1.807, 2.05) is 0 Å². The number of anilines is 1. The zero-order valence-corrected chi connectivity index (χ0v) is 18.4. The maximum atomic E-state index is 13.7. The van der Waals surface area contributed by atoms with Gasteiger partial charge in [0.1, 0.15) is 17.4 Å². The summed E-state index contributed by atoms with van der Waals surface area (Å²) >= 11 is 4.64. The molecular formula is C17H15BrFN9O2S. The van der Waals surface area contributed by atoms with Crippen molar-refractivity contribution < 1.29 is 13.9 Å². The number of nitrogens with one attached hydrogen (secondary N) is 1. The molecular weight excluding hydrogens is 493 g/mol. The van der Waals surface area contributed by atoms with Crippen molar-refractivity contribution in [1.82, 2.24) is 35.7 Å². The van der Waals surface area contributed by atoms with Crippen LogP contribution in [0, 0.1) is 5.82 Å². The van der Waals surface area contributed by atoms with Crippen molar-refractivity contribution in [1.29, 1.82) is 0 Å². The van der Waals surface area contributed by atoms with E-state index in [2.05, 4.69) is 52.0 Å². The third-order valence-corrected chi connectivity index (χ3v) is 5.69. The lowest BCUT2D eigenvalue weighted by molar-refractivity contribution is -0.139. The standard InChI is InChI=1S/C17H15BrFN9O2S/c1-2-30-16(29)12-11(6-28-17(20)25-26-27-28)22-14(15-24-21-7-31-15)23-13(12)9-4-3-8(19)5-10(9)18/h3-5,7,13H,2,6H2,1H3,(H,22,23)(H2,20,25,27). The molecule has 1 aliphatic rings. The van der Waals surface area contributed by atoms with Gasteiger partial charge in [0.25, 0.3) is 0 Å². The van der Waals surface area contributed by atoms with E-state index in [-0.39, 0.29) is 24.7 Å². The topological polar surface area (TPSA) is 146 Å². The van der Waals surface area contributed by atoms with E-state index in [1.54, 1.807) is 18.5 Å². The number of amidine groups is 1. The van der Waals surface area contributed by atoms with Gasteiger partial charge in [-0.05, 0) is 35.0 Å². The van der Waals surface area contributed by atoms with Gasteiger partial charge in [-0.15, -0.1) is 10.2 Å². The molecule has 160 valence electrons. The van der Waals surface area contributed by atoms with Crippen molar-refractivity contribution >= 4 is 45.0 Å². The number of esters is 1. The quantitative estimate of drug-likeness (QED) is 0.474. The number of tetrazole rings is 1. The number of rotatable bonds is 6. The first-order chi connectivity index (χ1) is 15.0. The second-order valence-electron chi connectivity index (χ2n) is 6.22. The number of benzene rings is 1. The van der Waals surface area contributed by atoms with Gasteiger partial charge in [-0.2, -0.15) is 0 Å². The van der Waals surface area contributed by atoms with E-state index in [1.165, 1.54) is 28.2 Å². The normalized spacial score (nSPS) is 16.1. The molecule has 0 bridgehead atoms. The highest BCUT2D eigenvalue weighted by atomic mass is 79.9. The summed E-state index contributed by atoms with van der Waals surface area (Å²) in [7, 11) is 0. The Morgan fingerprint density at radius 1 is 1.42 bits per heavy atom. The molecule has 1 aliphatic heterocycles. The van der Waals surface area contributed by atoms with Crippen molar-refractivity contribution in [3.63, 3.8) is 0 Å². The van der Waals surface area contributed by atoms with Crippen LogP contribution in [0.15, 0.2) is 44.4 Å². The fourth-order valence-corrected chi connectivity index (χ4v) is 4.05. The van der Waals surface area contributed by atoms with Crippen LogP contribution in [-0.4, -0.2) is 48.8 Å². The number of carbonyl (C=O) groups is 1. The predicted molar refractivity (Wildman–Crippen MR) is 112 cm³/mol. The Hall–Kier alpha value is -3.26. The second kappa shape index (κ2) is 8.85. The van der Waals surface area contributed by atoms with Crippen LogP contribution < -0.4 is 11.1 Å². The van der Waals surface area contributed by atoms with Crippen molar-refractivity contribution in [2.45, 2.75) is 19.5 Å². The average Bonchev–Trinajstić information content (AvgIpc) is 3.40. The van der Waals surface area contributed by atoms with Crippen LogP contribution >= 0.6 is 27.3 Å². The number of aliphatic imine (C=N–C) groups is 1. The Bertz CT molecular complexity index is 1180. The summed E-state index contributed by atoms with van der Waals surface area (Å²) in [5.41, 5.74) is 8.58. The van der Waals surface area contributed by atoms with Gasteiger partial charge in [-0.3, -0.25) is 4.99 Å². The molecule has 1 aromatic carbocycles. The van der Waals surface area contributed by atoms with Gasteiger partial charge in [0.2, 0.25) is 5.95 Å². The highest BCUT2D eigenvalue weighted by molar-refractivity contribution is 9.10. The molecule has 0 aliphatic carbocycles. The van der Waals surface area contributed by atoms with Crippen LogP contribution in [0.1, 0.15) is 23.5 Å². The minimum absolute atomic E-state index is 0.0418. The van der Waals surface area contributed by atoms with Crippen molar-refractivity contribution in [3.05, 3.63) is 55.8 Å². The lowest BCUT2D eigenvalue weighted by Gasteiger charge is -2.27. The van der Waals surface area contributed by atoms with Gasteiger partial charge in [0, 0.05) is 4.47 Å². The molecule has 0 spiro atoms. The Balaban J connectivity index is 1.89. The molecule has 1 unspecified atom stereocenters. The van der Waals surface area contributed by atoms with E-state index in [9.17, 15) is 9.18 Å². The number of nitrogens with zero attached hydrogens (tertiary/aromatic N) is 7. The molecule has 0 radical (unpaired) electrons. The zero-order chi connectivity index (χ0) is 22.0. The van der Waals surface area contributed by atoms with Crippen LogP contribution in [0.3, 0.4) is 0 Å². The number of allylic oxidation sites excluding steroid dienone is 1. The van der Waals surface area contributed by atoms with Crippen molar-refractivity contribution in [3.8, 4) is 0 Å². The molecule has 0 fully saturated rings. The minimum atomic E-state index is -0.818. The first-order valence-corrected chi connectivity index (χ1v) is 10.6. The van der Waals surface area contributed by atoms with Gasteiger partial charge in [-0.25, -0.2) is 13.9 Å². The van der Waals surface area contributed by atoms with E-state index in [0.717, 1.165) is 0 Å². The SMILES string of the molecule is CCOC(=O)C1=C(Cn2nnnc2N)NC(c2nncs2)=NC1c1ccc(F)cc1Br. The van der Waals surface area contributed by atoms with Gasteiger partial charge < -0.3 is 15.8 Å². The lowest BCUT2D eigenvalue weighted by atomic mass is 9.95. The van der Waals surface area contributed by atoms with E-state index in [0.29, 0.717) is 26.6 Å². The van der Waals surface area contributed by atoms with Gasteiger partial charge in [-0.1, -0.05) is 38.4 Å². The number of hydrogen-bond donors (Lipinski definition) is 2. The summed E-state index contributed by atoms with van der Waals surface area (Å²) in [5.74, 6) is -0.561. The number of carbonyl (C=O) groups excluding carboxylic acids is 1. The van der Waals surface area contributed by atoms with Crippen molar-refractivity contribution in [2.24, 2.45) is 4.99 Å². The highest BCUT2D eigenvalue weighted by Crippen LogP contribution is 2.37. The maximum absolute atomic E-state index is 13.7. The number of nitrogens with two attached hydrogens (primary N) is 1. The number of halogens is 2. The highest BCUT2D eigenvalue weighted by Gasteiger charge is 2.34. The van der Waals surface area contributed by atoms with Crippen LogP contribution in [0.2, 0.25) is 0 Å². The average molecular weight is 508 g/mol. The maximum Gasteiger partial charge on any atom is 0.338 e. The molecule has 0 saturated carbocycles. The second-order valence-corrected chi connectivity index (χ2v) is 7.91. The molecule has 2 aromatic heterocycles. The molecule has 31 heavy (non-hydrogen) atoms. The molecule has 1 atom stereocenters. The monoisotopic (exact) mass is 507 g/mol. The Kier molecular flexibility index (Phi) is 5.99. The number of aromatic nitrogens is 6. The third-order valence-electron chi connectivity index (χ3n) is 4.31. The Morgan fingerprint density at radius 3 is 2.90 bits per heavy atom. The summed E-state index contributed by atoms with van der Waals surface area (Å²) in [6.07, 6.45) is 0.